The van der Waals surface area contributed by atoms with Crippen LogP contribution in [0.15, 0.2) is 71.7 Å². The fraction of sp³-hybridized carbons (Fsp3) is 0.308. The minimum Gasteiger partial charge on any atom is -0.489 e. The van der Waals surface area contributed by atoms with E-state index < -0.39 is 0 Å². The molecule has 1 saturated heterocycles. The van der Waals surface area contributed by atoms with E-state index in [0.717, 1.165) is 78.6 Å². The number of hydrogen-bond donors (Lipinski definition) is 1. The van der Waals surface area contributed by atoms with Crippen molar-refractivity contribution in [2.75, 3.05) is 13.1 Å². The molecule has 5 rings (SSSR count). The highest BCUT2D eigenvalue weighted by Crippen LogP contribution is 2.29. The summed E-state index contributed by atoms with van der Waals surface area (Å²) >= 11 is 0. The van der Waals surface area contributed by atoms with Crippen molar-refractivity contribution in [3.05, 3.63) is 83.6 Å². The van der Waals surface area contributed by atoms with Crippen molar-refractivity contribution in [3.8, 4) is 11.6 Å². The predicted molar refractivity (Wildman–Crippen MR) is 122 cm³/mol. The second-order valence-electron chi connectivity index (χ2n) is 8.04. The van der Waals surface area contributed by atoms with E-state index in [9.17, 15) is 0 Å². The third kappa shape index (κ3) is 4.94. The van der Waals surface area contributed by atoms with Crippen molar-refractivity contribution >= 4 is 11.4 Å². The van der Waals surface area contributed by atoms with Crippen LogP contribution in [0.4, 0.5) is 5.69 Å². The summed E-state index contributed by atoms with van der Waals surface area (Å²) in [7, 11) is 0. The van der Waals surface area contributed by atoms with Crippen LogP contribution in [0.2, 0.25) is 0 Å². The van der Waals surface area contributed by atoms with E-state index in [1.54, 1.807) is 0 Å². The molecule has 3 aromatic rings. The van der Waals surface area contributed by atoms with Crippen molar-refractivity contribution in [1.82, 2.24) is 10.3 Å². The third-order valence-corrected chi connectivity index (χ3v) is 5.79. The minimum absolute atomic E-state index is 0.261. The lowest BCUT2D eigenvalue weighted by Crippen LogP contribution is -2.34. The minimum atomic E-state index is 0.261. The van der Waals surface area contributed by atoms with Crippen LogP contribution in [-0.2, 0) is 13.0 Å². The van der Waals surface area contributed by atoms with E-state index in [1.165, 1.54) is 0 Å². The number of fused-ring (bicyclic) bond motifs is 1. The Kier molecular flexibility index (Phi) is 5.94. The lowest BCUT2D eigenvalue weighted by atomic mass is 10.0. The normalized spacial score (nSPS) is 16.3. The predicted octanol–water partition coefficient (Wildman–Crippen LogP) is 4.86. The number of pyridine rings is 1. The van der Waals surface area contributed by atoms with Crippen LogP contribution in [0, 0.1) is 0 Å². The quantitative estimate of drug-likeness (QED) is 0.627. The molecule has 0 spiro atoms. The molecule has 0 aliphatic carbocycles. The Morgan fingerprint density at radius 1 is 0.871 bits per heavy atom. The van der Waals surface area contributed by atoms with Gasteiger partial charge in [-0.15, -0.1) is 0 Å². The largest absolute Gasteiger partial charge is 0.489 e. The SMILES string of the molecule is c1ccc(COc2ccc(C3=Nc4ccc(OC5CCNCC5)nc4CC3)cc2)cc1. The Labute approximate surface area is 183 Å². The van der Waals surface area contributed by atoms with Gasteiger partial charge in [0, 0.05) is 11.8 Å². The second kappa shape index (κ2) is 9.31. The number of hydrogen-bond acceptors (Lipinski definition) is 5. The van der Waals surface area contributed by atoms with Crippen molar-refractivity contribution < 1.29 is 9.47 Å². The zero-order valence-electron chi connectivity index (χ0n) is 17.6. The van der Waals surface area contributed by atoms with Gasteiger partial charge in [0.1, 0.15) is 18.5 Å². The molecule has 0 saturated carbocycles. The van der Waals surface area contributed by atoms with E-state index in [1.807, 2.05) is 42.5 Å². The Morgan fingerprint density at radius 2 is 1.68 bits per heavy atom. The van der Waals surface area contributed by atoms with Gasteiger partial charge in [0.15, 0.2) is 0 Å². The van der Waals surface area contributed by atoms with Gasteiger partial charge < -0.3 is 14.8 Å². The highest BCUT2D eigenvalue weighted by Gasteiger charge is 2.18. The fourth-order valence-corrected chi connectivity index (χ4v) is 4.04. The highest BCUT2D eigenvalue weighted by molar-refractivity contribution is 6.03. The number of piperidine rings is 1. The maximum Gasteiger partial charge on any atom is 0.213 e. The van der Waals surface area contributed by atoms with Gasteiger partial charge in [0.05, 0.1) is 11.4 Å². The third-order valence-electron chi connectivity index (χ3n) is 5.79. The molecule has 0 radical (unpaired) electrons. The van der Waals surface area contributed by atoms with Crippen LogP contribution < -0.4 is 14.8 Å². The fourth-order valence-electron chi connectivity index (χ4n) is 4.04. The van der Waals surface area contributed by atoms with Crippen LogP contribution in [0.3, 0.4) is 0 Å². The molecule has 158 valence electrons. The first kappa shape index (κ1) is 19.8. The molecule has 2 aromatic carbocycles. The number of nitrogens with zero attached hydrogens (tertiary/aromatic N) is 2. The lowest BCUT2D eigenvalue weighted by Gasteiger charge is -2.24. The summed E-state index contributed by atoms with van der Waals surface area (Å²) in [6.07, 6.45) is 4.08. The molecular weight excluding hydrogens is 386 g/mol. The van der Waals surface area contributed by atoms with E-state index >= 15 is 0 Å². The van der Waals surface area contributed by atoms with Gasteiger partial charge in [0.25, 0.3) is 0 Å². The molecule has 2 aliphatic rings. The van der Waals surface area contributed by atoms with Crippen molar-refractivity contribution in [2.24, 2.45) is 4.99 Å². The molecule has 1 fully saturated rings. The summed E-state index contributed by atoms with van der Waals surface area (Å²) in [6.45, 7) is 2.60. The molecular formula is C26H27N3O2. The number of aliphatic imine (C=N–C) groups is 1. The molecule has 1 aromatic heterocycles. The van der Waals surface area contributed by atoms with Gasteiger partial charge in [-0.1, -0.05) is 30.3 Å². The number of aryl methyl sites for hydroxylation is 1. The smallest absolute Gasteiger partial charge is 0.213 e. The van der Waals surface area contributed by atoms with Gasteiger partial charge in [-0.25, -0.2) is 4.98 Å². The first-order chi connectivity index (χ1) is 15.3. The summed E-state index contributed by atoms with van der Waals surface area (Å²) in [5.41, 5.74) is 5.36. The summed E-state index contributed by atoms with van der Waals surface area (Å²) in [5.74, 6) is 1.59. The van der Waals surface area contributed by atoms with E-state index in [-0.39, 0.29) is 6.10 Å². The Morgan fingerprint density at radius 3 is 2.48 bits per heavy atom. The lowest BCUT2D eigenvalue weighted by molar-refractivity contribution is 0.155. The monoisotopic (exact) mass is 413 g/mol. The highest BCUT2D eigenvalue weighted by atomic mass is 16.5. The Balaban J connectivity index is 1.24. The second-order valence-corrected chi connectivity index (χ2v) is 8.04. The van der Waals surface area contributed by atoms with E-state index in [2.05, 4.69) is 29.6 Å². The van der Waals surface area contributed by atoms with Crippen molar-refractivity contribution in [1.29, 1.82) is 0 Å². The van der Waals surface area contributed by atoms with Gasteiger partial charge in [0.2, 0.25) is 5.88 Å². The standard InChI is InChI=1S/C26H27N3O2/c1-2-4-19(5-3-1)18-30-21-8-6-20(7-9-21)23-10-11-25-24(28-23)12-13-26(29-25)31-22-14-16-27-17-15-22/h1-9,12-13,22,27H,10-11,14-18H2. The van der Waals surface area contributed by atoms with Crippen LogP contribution >= 0.6 is 0 Å². The zero-order valence-corrected chi connectivity index (χ0v) is 17.6. The van der Waals surface area contributed by atoms with Crippen LogP contribution in [0.25, 0.3) is 0 Å². The summed E-state index contributed by atoms with van der Waals surface area (Å²) in [6, 6.07) is 22.4. The topological polar surface area (TPSA) is 55.7 Å². The van der Waals surface area contributed by atoms with E-state index in [4.69, 9.17) is 19.5 Å². The number of benzene rings is 2. The maximum absolute atomic E-state index is 6.09. The van der Waals surface area contributed by atoms with Gasteiger partial charge in [-0.05, 0) is 80.2 Å². The van der Waals surface area contributed by atoms with Crippen LogP contribution in [-0.4, -0.2) is 29.9 Å². The number of nitrogens with one attached hydrogen (secondary N) is 1. The molecule has 0 unspecified atom stereocenters. The molecule has 1 N–H and O–H groups in total. The summed E-state index contributed by atoms with van der Waals surface area (Å²) in [4.78, 5) is 9.61. The molecule has 2 aliphatic heterocycles. The van der Waals surface area contributed by atoms with Gasteiger partial charge >= 0.3 is 0 Å². The van der Waals surface area contributed by atoms with Crippen LogP contribution in [0.5, 0.6) is 11.6 Å². The van der Waals surface area contributed by atoms with Gasteiger partial charge in [-0.3, -0.25) is 4.99 Å². The van der Waals surface area contributed by atoms with E-state index in [0.29, 0.717) is 6.61 Å². The average Bonchev–Trinajstić information content (AvgIpc) is 2.84. The molecule has 5 nitrogen and oxygen atoms in total. The van der Waals surface area contributed by atoms with Crippen molar-refractivity contribution in [3.63, 3.8) is 0 Å². The van der Waals surface area contributed by atoms with Crippen molar-refractivity contribution in [2.45, 2.75) is 38.4 Å². The molecule has 0 amide bonds. The Hall–Kier alpha value is -3.18. The van der Waals surface area contributed by atoms with Gasteiger partial charge in [-0.2, -0.15) is 0 Å². The molecule has 0 bridgehead atoms. The molecule has 0 atom stereocenters. The first-order valence-electron chi connectivity index (χ1n) is 11.1. The number of ether oxygens (including phenoxy) is 2. The molecule has 5 heteroatoms. The number of rotatable bonds is 6. The Bertz CT molecular complexity index is 1040. The molecule has 3 heterocycles. The summed E-state index contributed by atoms with van der Waals surface area (Å²) < 4.78 is 12.0. The maximum atomic E-state index is 6.09. The van der Waals surface area contributed by atoms with Crippen LogP contribution in [0.1, 0.15) is 36.1 Å². The zero-order chi connectivity index (χ0) is 20.9. The number of aromatic nitrogens is 1. The summed E-state index contributed by atoms with van der Waals surface area (Å²) in [5, 5.41) is 3.36. The average molecular weight is 414 g/mol. The first-order valence-corrected chi connectivity index (χ1v) is 11.1. The molecule has 31 heavy (non-hydrogen) atoms.